The van der Waals surface area contributed by atoms with Gasteiger partial charge in [-0.15, -0.1) is 0 Å². The fourth-order valence-corrected chi connectivity index (χ4v) is 7.74. The van der Waals surface area contributed by atoms with Gasteiger partial charge in [-0.3, -0.25) is 4.79 Å². The van der Waals surface area contributed by atoms with Crippen molar-refractivity contribution in [2.75, 3.05) is 0 Å². The third kappa shape index (κ3) is 2.26. The van der Waals surface area contributed by atoms with Crippen molar-refractivity contribution >= 4 is 37.8 Å². The van der Waals surface area contributed by atoms with Gasteiger partial charge in [0.2, 0.25) is 5.91 Å². The molecule has 5 saturated carbocycles. The Balaban J connectivity index is 1.52. The minimum absolute atomic E-state index is 0.184. The second-order valence-corrected chi connectivity index (χ2v) is 12.7. The van der Waals surface area contributed by atoms with E-state index in [2.05, 4.69) is 51.0 Å². The predicted molar refractivity (Wildman–Crippen MR) is 96.1 cm³/mol. The van der Waals surface area contributed by atoms with Crippen LogP contribution in [0.4, 0.5) is 0 Å². The van der Waals surface area contributed by atoms with Crippen molar-refractivity contribution in [1.82, 2.24) is 5.32 Å². The van der Waals surface area contributed by atoms with Crippen LogP contribution in [0.5, 0.6) is 0 Å². The molecule has 5 fully saturated rings. The van der Waals surface area contributed by atoms with Crippen LogP contribution in [-0.4, -0.2) is 15.2 Å². The molecule has 5 rings (SSSR count). The van der Waals surface area contributed by atoms with Crippen LogP contribution >= 0.6 is 31.9 Å². The lowest BCUT2D eigenvalue weighted by Gasteiger charge is -2.59. The quantitative estimate of drug-likeness (QED) is 0.622. The molecule has 0 saturated heterocycles. The molecule has 0 aromatic rings. The van der Waals surface area contributed by atoms with E-state index in [9.17, 15) is 4.79 Å². The van der Waals surface area contributed by atoms with Crippen LogP contribution in [-0.2, 0) is 4.79 Å². The number of alkyl halides is 2. The van der Waals surface area contributed by atoms with Crippen LogP contribution in [0, 0.1) is 28.6 Å². The molecule has 5 aliphatic carbocycles. The summed E-state index contributed by atoms with van der Waals surface area (Å²) >= 11 is 7.28. The zero-order chi connectivity index (χ0) is 15.8. The van der Waals surface area contributed by atoms with Crippen molar-refractivity contribution in [2.24, 2.45) is 28.6 Å². The van der Waals surface area contributed by atoms with E-state index in [4.69, 9.17) is 0 Å². The summed E-state index contributed by atoms with van der Waals surface area (Å²) in [5.74, 6) is 3.07. The van der Waals surface area contributed by atoms with Crippen LogP contribution in [0.2, 0.25) is 0 Å². The van der Waals surface area contributed by atoms with Crippen molar-refractivity contribution in [3.8, 4) is 0 Å². The topological polar surface area (TPSA) is 29.1 Å². The van der Waals surface area contributed by atoms with Gasteiger partial charge >= 0.3 is 0 Å². The Morgan fingerprint density at radius 3 is 1.95 bits per heavy atom. The molecule has 0 heterocycles. The Labute approximate surface area is 150 Å². The van der Waals surface area contributed by atoms with Crippen LogP contribution in [0.25, 0.3) is 0 Å². The van der Waals surface area contributed by atoms with Crippen molar-refractivity contribution in [3.63, 3.8) is 0 Å². The van der Waals surface area contributed by atoms with Gasteiger partial charge in [-0.1, -0.05) is 38.8 Å². The summed E-state index contributed by atoms with van der Waals surface area (Å²) in [7, 11) is 0. The van der Waals surface area contributed by atoms with E-state index in [-0.39, 0.29) is 14.6 Å². The number of hydrogen-bond donors (Lipinski definition) is 1. The van der Waals surface area contributed by atoms with Gasteiger partial charge in [-0.25, -0.2) is 0 Å². The summed E-state index contributed by atoms with van der Waals surface area (Å²) in [4.78, 5) is 12.8. The van der Waals surface area contributed by atoms with Gasteiger partial charge in [-0.2, -0.15) is 0 Å². The Bertz CT molecular complexity index is 468. The van der Waals surface area contributed by atoms with Crippen molar-refractivity contribution in [1.29, 1.82) is 0 Å². The number of hydrogen-bond acceptors (Lipinski definition) is 1. The third-order valence-corrected chi connectivity index (χ3v) is 9.61. The van der Waals surface area contributed by atoms with Crippen LogP contribution in [0.15, 0.2) is 0 Å². The molecule has 0 spiro atoms. The Morgan fingerprint density at radius 2 is 1.59 bits per heavy atom. The highest BCUT2D eigenvalue weighted by Crippen LogP contribution is 2.67. The zero-order valence-electron chi connectivity index (χ0n) is 13.6. The standard InChI is InChI=1S/C18H27Br2NO/c1-3-14(21-15(22)16(2)10-18(16,19)20)17-7-11-4-12(8-17)6-13(5-11)9-17/h11-14H,3-10H2,1-2H3,(H,21,22)/t11?,12?,13?,14-,16+,17?/m0/s1. The van der Waals surface area contributed by atoms with Gasteiger partial charge in [0.15, 0.2) is 0 Å². The van der Waals surface area contributed by atoms with Crippen molar-refractivity contribution in [3.05, 3.63) is 0 Å². The molecule has 2 nitrogen and oxygen atoms in total. The van der Waals surface area contributed by atoms with Gasteiger partial charge < -0.3 is 5.32 Å². The summed E-state index contributed by atoms with van der Waals surface area (Å²) < 4.78 is -0.184. The second kappa shape index (κ2) is 4.97. The number of nitrogens with one attached hydrogen (secondary N) is 1. The monoisotopic (exact) mass is 431 g/mol. The van der Waals surface area contributed by atoms with Crippen LogP contribution in [0.1, 0.15) is 65.2 Å². The maximum absolute atomic E-state index is 12.8. The molecule has 0 radical (unpaired) electrons. The molecular formula is C18H27Br2NO. The molecule has 1 N–H and O–H groups in total. The Hall–Kier alpha value is 0.430. The lowest BCUT2D eigenvalue weighted by Crippen LogP contribution is -2.57. The molecule has 0 aromatic carbocycles. The van der Waals surface area contributed by atoms with Crippen molar-refractivity contribution < 1.29 is 4.79 Å². The zero-order valence-corrected chi connectivity index (χ0v) is 16.8. The summed E-state index contributed by atoms with van der Waals surface area (Å²) in [5.41, 5.74) is 0.119. The first-order valence-electron chi connectivity index (χ1n) is 8.97. The highest BCUT2D eigenvalue weighted by molar-refractivity contribution is 9.25. The fraction of sp³-hybridized carbons (Fsp3) is 0.944. The minimum atomic E-state index is -0.289. The number of halogens is 2. The third-order valence-electron chi connectivity index (χ3n) is 7.30. The minimum Gasteiger partial charge on any atom is -0.352 e. The summed E-state index contributed by atoms with van der Waals surface area (Å²) in [5, 5.41) is 3.48. The molecule has 0 aliphatic heterocycles. The van der Waals surface area contributed by atoms with E-state index in [1.165, 1.54) is 38.5 Å². The summed E-state index contributed by atoms with van der Waals surface area (Å²) in [6.07, 6.45) is 10.4. The number of carbonyl (C=O) groups is 1. The lowest BCUT2D eigenvalue weighted by molar-refractivity contribution is -0.131. The molecule has 2 atom stereocenters. The van der Waals surface area contributed by atoms with Gasteiger partial charge in [0.1, 0.15) is 0 Å². The summed E-state index contributed by atoms with van der Waals surface area (Å²) in [6.45, 7) is 4.33. The number of amides is 1. The molecule has 0 aromatic heterocycles. The van der Waals surface area contributed by atoms with Gasteiger partial charge in [0, 0.05) is 6.04 Å². The number of carbonyl (C=O) groups excluding carboxylic acids is 1. The average molecular weight is 433 g/mol. The predicted octanol–water partition coefficient (Wildman–Crippen LogP) is 4.99. The Morgan fingerprint density at radius 1 is 1.14 bits per heavy atom. The Kier molecular flexibility index (Phi) is 3.60. The maximum Gasteiger partial charge on any atom is 0.228 e. The first kappa shape index (κ1) is 15.9. The maximum atomic E-state index is 12.8. The summed E-state index contributed by atoms with van der Waals surface area (Å²) in [6, 6.07) is 0.377. The van der Waals surface area contributed by atoms with Gasteiger partial charge in [0.05, 0.1) is 8.65 Å². The fourth-order valence-electron chi connectivity index (χ4n) is 6.26. The normalized spacial score (nSPS) is 49.0. The smallest absolute Gasteiger partial charge is 0.228 e. The molecule has 4 heteroatoms. The SMILES string of the molecule is CC[C@H](NC(=O)[C@@]1(C)CC1(Br)Br)C12CC3CC(CC(C3)C1)C2. The first-order valence-corrected chi connectivity index (χ1v) is 10.6. The molecule has 5 aliphatic rings. The second-order valence-electron chi connectivity index (χ2n) is 8.93. The highest BCUT2D eigenvalue weighted by Gasteiger charge is 2.67. The molecule has 4 bridgehead atoms. The van der Waals surface area contributed by atoms with Gasteiger partial charge in [-0.05, 0) is 81.5 Å². The first-order chi connectivity index (χ1) is 10.3. The van der Waals surface area contributed by atoms with E-state index < -0.39 is 0 Å². The van der Waals surface area contributed by atoms with E-state index in [1.807, 2.05) is 0 Å². The van der Waals surface area contributed by atoms with Crippen LogP contribution in [0.3, 0.4) is 0 Å². The molecule has 22 heavy (non-hydrogen) atoms. The van der Waals surface area contributed by atoms with Gasteiger partial charge in [0.25, 0.3) is 0 Å². The number of rotatable bonds is 4. The largest absolute Gasteiger partial charge is 0.352 e. The lowest BCUT2D eigenvalue weighted by atomic mass is 9.47. The average Bonchev–Trinajstić information content (AvgIpc) is 2.94. The molecule has 124 valence electrons. The molecule has 0 unspecified atom stereocenters. The molecular weight excluding hydrogens is 406 g/mol. The van der Waals surface area contributed by atoms with Crippen molar-refractivity contribution in [2.45, 2.75) is 74.5 Å². The van der Waals surface area contributed by atoms with E-state index in [1.54, 1.807) is 0 Å². The van der Waals surface area contributed by atoms with Crippen LogP contribution < -0.4 is 5.32 Å². The highest BCUT2D eigenvalue weighted by atomic mass is 79.9. The van der Waals surface area contributed by atoms with E-state index in [0.29, 0.717) is 11.5 Å². The molecule has 1 amide bonds. The van der Waals surface area contributed by atoms with E-state index >= 15 is 0 Å². The van der Waals surface area contributed by atoms with E-state index in [0.717, 1.165) is 30.6 Å².